The van der Waals surface area contributed by atoms with Gasteiger partial charge in [0.15, 0.2) is 0 Å². The number of rotatable bonds is 3. The lowest BCUT2D eigenvalue weighted by atomic mass is 9.81. The Hall–Kier alpha value is 0.130. The maximum atomic E-state index is 3.53. The summed E-state index contributed by atoms with van der Waals surface area (Å²) in [4.78, 5) is 0. The molecule has 1 rings (SSSR count). The molecule has 14 heavy (non-hydrogen) atoms. The molecule has 0 aliphatic rings. The first kappa shape index (κ1) is 12.2. The van der Waals surface area contributed by atoms with E-state index in [0.29, 0.717) is 0 Å². The van der Waals surface area contributed by atoms with Gasteiger partial charge in [-0.25, -0.2) is 0 Å². The molecule has 0 fully saturated rings. The lowest BCUT2D eigenvalue weighted by Crippen LogP contribution is -2.22. The van der Waals surface area contributed by atoms with Gasteiger partial charge in [0.1, 0.15) is 0 Å². The van der Waals surface area contributed by atoms with Gasteiger partial charge in [-0.3, -0.25) is 0 Å². The van der Waals surface area contributed by atoms with Gasteiger partial charge in [-0.2, -0.15) is 0 Å². The van der Waals surface area contributed by atoms with E-state index in [1.807, 2.05) is 0 Å². The average molecular weight is 273 g/mol. The number of hydrogen-bond acceptors (Lipinski definition) is 0. The molecule has 0 aliphatic heterocycles. The molecule has 1 aromatic carbocycles. The average Bonchev–Trinajstić information content (AvgIpc) is 2.09. The molecule has 0 radical (unpaired) electrons. The second-order valence-corrected chi connectivity index (χ2v) is 5.90. The summed E-state index contributed by atoms with van der Waals surface area (Å²) >= 11 is 3.53. The van der Waals surface area contributed by atoms with Gasteiger partial charge in [0.25, 0.3) is 0 Å². The predicted molar refractivity (Wildman–Crippen MR) is 71.4 cm³/mol. The van der Waals surface area contributed by atoms with Crippen molar-refractivity contribution in [1.82, 2.24) is 0 Å². The molecule has 0 N–H and O–H groups in total. The van der Waals surface area contributed by atoms with Crippen LogP contribution in [0, 0.1) is 0 Å². The lowest BCUT2D eigenvalue weighted by molar-refractivity contribution is 0.475. The van der Waals surface area contributed by atoms with E-state index in [1.54, 1.807) is 0 Å². The Kier molecular flexibility index (Phi) is 4.15. The van der Waals surface area contributed by atoms with E-state index in [4.69, 9.17) is 0 Å². The third kappa shape index (κ3) is 2.81. The highest BCUT2D eigenvalue weighted by molar-refractivity contribution is 9.10. The van der Waals surface area contributed by atoms with Crippen molar-refractivity contribution >= 4 is 30.5 Å². The van der Waals surface area contributed by atoms with Gasteiger partial charge in [-0.1, -0.05) is 49.2 Å². The number of benzene rings is 1. The predicted octanol–water partition coefficient (Wildman–Crippen LogP) is 4.03. The Labute approximate surface area is 97.8 Å². The Morgan fingerprint density at radius 3 is 2.57 bits per heavy atom. The minimum atomic E-state index is 0.273. The van der Waals surface area contributed by atoms with E-state index in [-0.39, 0.29) is 5.41 Å². The summed E-state index contributed by atoms with van der Waals surface area (Å²) in [5.74, 6) is 0. The molecule has 0 bridgehead atoms. The van der Waals surface area contributed by atoms with Crippen molar-refractivity contribution < 1.29 is 0 Å². The minimum absolute atomic E-state index is 0.273. The fourth-order valence-corrected chi connectivity index (χ4v) is 2.81. The zero-order chi connectivity index (χ0) is 10.8. The Bertz CT molecular complexity index is 318. The Morgan fingerprint density at radius 2 is 2.00 bits per heavy atom. The van der Waals surface area contributed by atoms with Gasteiger partial charge in [-0.05, 0) is 34.8 Å². The second-order valence-electron chi connectivity index (χ2n) is 4.37. The van der Waals surface area contributed by atoms with Gasteiger partial charge >= 0.3 is 0 Å². The van der Waals surface area contributed by atoms with Crippen LogP contribution in [-0.4, -0.2) is 0 Å². The standard InChI is InChI=1S/C12H18BrP/c1-4-7-12(2,3)10-8-9(13)5-6-11(10)14/h5-6,8H,4,7,14H2,1-3H3. The molecule has 1 unspecified atom stereocenters. The molecule has 0 saturated carbocycles. The zero-order valence-electron chi connectivity index (χ0n) is 9.10. The van der Waals surface area contributed by atoms with Crippen LogP contribution >= 0.6 is 25.2 Å². The molecule has 0 amide bonds. The first-order valence-corrected chi connectivity index (χ1v) is 6.40. The van der Waals surface area contributed by atoms with Crippen LogP contribution < -0.4 is 5.30 Å². The van der Waals surface area contributed by atoms with Crippen LogP contribution in [0.2, 0.25) is 0 Å². The van der Waals surface area contributed by atoms with Crippen LogP contribution in [-0.2, 0) is 5.41 Å². The maximum absolute atomic E-state index is 3.53. The van der Waals surface area contributed by atoms with Crippen LogP contribution in [0.1, 0.15) is 39.2 Å². The lowest BCUT2D eigenvalue weighted by Gasteiger charge is -2.26. The van der Waals surface area contributed by atoms with E-state index in [9.17, 15) is 0 Å². The second kappa shape index (κ2) is 4.77. The first-order chi connectivity index (χ1) is 6.47. The molecule has 0 nitrogen and oxygen atoms in total. The fourth-order valence-electron chi connectivity index (χ4n) is 1.87. The Balaban J connectivity index is 3.10. The SMILES string of the molecule is CCCC(C)(C)c1cc(Br)ccc1P. The van der Waals surface area contributed by atoms with E-state index < -0.39 is 0 Å². The smallest absolute Gasteiger partial charge is 0.0178 e. The highest BCUT2D eigenvalue weighted by atomic mass is 79.9. The van der Waals surface area contributed by atoms with Gasteiger partial charge in [0.05, 0.1) is 0 Å². The van der Waals surface area contributed by atoms with Crippen LogP contribution in [0.5, 0.6) is 0 Å². The molecular weight excluding hydrogens is 255 g/mol. The molecule has 1 aromatic rings. The molecule has 0 spiro atoms. The van der Waals surface area contributed by atoms with Crippen molar-refractivity contribution in [3.05, 3.63) is 28.2 Å². The van der Waals surface area contributed by atoms with Gasteiger partial charge in [-0.15, -0.1) is 9.24 Å². The molecule has 0 aliphatic carbocycles. The third-order valence-corrected chi connectivity index (χ3v) is 3.62. The molecule has 0 heterocycles. The summed E-state index contributed by atoms with van der Waals surface area (Å²) in [6, 6.07) is 6.48. The summed E-state index contributed by atoms with van der Waals surface area (Å²) in [6.45, 7) is 6.86. The van der Waals surface area contributed by atoms with Gasteiger partial charge in [0.2, 0.25) is 0 Å². The summed E-state index contributed by atoms with van der Waals surface area (Å²) in [7, 11) is 2.83. The quantitative estimate of drug-likeness (QED) is 0.729. The van der Waals surface area contributed by atoms with Crippen LogP contribution in [0.3, 0.4) is 0 Å². The van der Waals surface area contributed by atoms with E-state index in [0.717, 1.165) is 0 Å². The van der Waals surface area contributed by atoms with Crippen molar-refractivity contribution in [1.29, 1.82) is 0 Å². The summed E-state index contributed by atoms with van der Waals surface area (Å²) in [5, 5.41) is 1.31. The highest BCUT2D eigenvalue weighted by Gasteiger charge is 2.21. The molecular formula is C12H18BrP. The largest absolute Gasteiger partial charge is 0.105 e. The molecule has 78 valence electrons. The summed E-state index contributed by atoms with van der Waals surface area (Å²) in [6.07, 6.45) is 2.45. The zero-order valence-corrected chi connectivity index (χ0v) is 11.8. The fraction of sp³-hybridized carbons (Fsp3) is 0.500. The minimum Gasteiger partial charge on any atom is -0.105 e. The van der Waals surface area contributed by atoms with Crippen LogP contribution in [0.25, 0.3) is 0 Å². The van der Waals surface area contributed by atoms with Crippen molar-refractivity contribution in [3.8, 4) is 0 Å². The topological polar surface area (TPSA) is 0 Å². The van der Waals surface area contributed by atoms with Crippen LogP contribution in [0.15, 0.2) is 22.7 Å². The van der Waals surface area contributed by atoms with Crippen molar-refractivity contribution in [2.24, 2.45) is 0 Å². The number of hydrogen-bond donors (Lipinski definition) is 0. The molecule has 2 heteroatoms. The third-order valence-electron chi connectivity index (χ3n) is 2.62. The first-order valence-electron chi connectivity index (χ1n) is 5.03. The van der Waals surface area contributed by atoms with Crippen LogP contribution in [0.4, 0.5) is 0 Å². The monoisotopic (exact) mass is 272 g/mol. The van der Waals surface area contributed by atoms with Crippen molar-refractivity contribution in [2.75, 3.05) is 0 Å². The van der Waals surface area contributed by atoms with Crippen molar-refractivity contribution in [2.45, 2.75) is 39.0 Å². The van der Waals surface area contributed by atoms with E-state index >= 15 is 0 Å². The summed E-state index contributed by atoms with van der Waals surface area (Å²) in [5.41, 5.74) is 1.70. The molecule has 1 atom stereocenters. The van der Waals surface area contributed by atoms with Crippen molar-refractivity contribution in [3.63, 3.8) is 0 Å². The maximum Gasteiger partial charge on any atom is 0.0178 e. The number of halogens is 1. The van der Waals surface area contributed by atoms with Gasteiger partial charge < -0.3 is 0 Å². The van der Waals surface area contributed by atoms with E-state index in [1.165, 1.54) is 28.2 Å². The molecule has 0 aromatic heterocycles. The summed E-state index contributed by atoms with van der Waals surface area (Å²) < 4.78 is 1.17. The highest BCUT2D eigenvalue weighted by Crippen LogP contribution is 2.29. The Morgan fingerprint density at radius 1 is 1.36 bits per heavy atom. The normalized spacial score (nSPS) is 11.8. The molecule has 0 saturated heterocycles. The van der Waals surface area contributed by atoms with Gasteiger partial charge in [0, 0.05) is 4.47 Å². The van der Waals surface area contributed by atoms with E-state index in [2.05, 4.69) is 64.1 Å².